The third-order valence-corrected chi connectivity index (χ3v) is 5.01. The molecule has 0 bridgehead atoms. The number of methoxy groups -OCH3 is 1. The highest BCUT2D eigenvalue weighted by Gasteiger charge is 2.29. The van der Waals surface area contributed by atoms with Gasteiger partial charge in [0.1, 0.15) is 0 Å². The second kappa shape index (κ2) is 9.01. The molecule has 7 heteroatoms. The maximum Gasteiger partial charge on any atom is 0.307 e. The number of hydrogen-bond acceptors (Lipinski definition) is 4. The van der Waals surface area contributed by atoms with Crippen molar-refractivity contribution < 1.29 is 19.1 Å². The Morgan fingerprint density at radius 3 is 2.46 bits per heavy atom. The number of rotatable bonds is 7. The minimum atomic E-state index is -0.522. The molecule has 6 nitrogen and oxygen atoms in total. The molecule has 146 valence electrons. The Morgan fingerprint density at radius 1 is 1.14 bits per heavy atom. The Labute approximate surface area is 171 Å². The molecule has 1 aliphatic rings. The summed E-state index contributed by atoms with van der Waals surface area (Å²) in [6, 6.07) is 13.6. The fourth-order valence-electron chi connectivity index (χ4n) is 2.76. The van der Waals surface area contributed by atoms with E-state index in [1.807, 2.05) is 24.3 Å². The molecule has 1 unspecified atom stereocenters. The summed E-state index contributed by atoms with van der Waals surface area (Å²) in [4.78, 5) is 36.3. The van der Waals surface area contributed by atoms with Gasteiger partial charge in [-0.05, 0) is 54.8 Å². The average molecular weight is 445 g/mol. The first-order valence-corrected chi connectivity index (χ1v) is 9.79. The maximum atomic E-state index is 12.7. The van der Waals surface area contributed by atoms with Crippen LogP contribution in [-0.2, 0) is 14.3 Å². The molecule has 28 heavy (non-hydrogen) atoms. The molecule has 1 aliphatic carbocycles. The molecule has 0 aliphatic heterocycles. The largest absolute Gasteiger partial charge is 0.469 e. The summed E-state index contributed by atoms with van der Waals surface area (Å²) in [5.74, 6) is -0.588. The molecule has 1 atom stereocenters. The van der Waals surface area contributed by atoms with Crippen LogP contribution in [0, 0.1) is 5.92 Å². The smallest absolute Gasteiger partial charge is 0.307 e. The monoisotopic (exact) mass is 444 g/mol. The molecular weight excluding hydrogens is 424 g/mol. The summed E-state index contributed by atoms with van der Waals surface area (Å²) in [5.41, 5.74) is 1.89. The number of halogens is 1. The van der Waals surface area contributed by atoms with E-state index in [0.29, 0.717) is 11.3 Å². The zero-order valence-corrected chi connectivity index (χ0v) is 17.0. The Bertz CT molecular complexity index is 878. The topological polar surface area (TPSA) is 84.5 Å². The molecule has 0 aromatic heterocycles. The third-order valence-electron chi connectivity index (χ3n) is 4.52. The zero-order valence-electron chi connectivity index (χ0n) is 15.4. The fraction of sp³-hybridized carbons (Fsp3) is 0.286. The summed E-state index contributed by atoms with van der Waals surface area (Å²) in [7, 11) is 1.32. The van der Waals surface area contributed by atoms with Crippen LogP contribution in [0.25, 0.3) is 0 Å². The Kier molecular flexibility index (Phi) is 6.46. The summed E-state index contributed by atoms with van der Waals surface area (Å²) in [6.45, 7) is 0. The second-order valence-corrected chi connectivity index (χ2v) is 7.62. The van der Waals surface area contributed by atoms with Gasteiger partial charge in [0, 0.05) is 21.6 Å². The highest BCUT2D eigenvalue weighted by atomic mass is 79.9. The lowest BCUT2D eigenvalue weighted by Gasteiger charge is -2.19. The van der Waals surface area contributed by atoms with Crippen LogP contribution in [0.4, 0.5) is 5.69 Å². The number of nitrogens with one attached hydrogen (secondary N) is 2. The number of carbonyl (C=O) groups is 3. The van der Waals surface area contributed by atoms with Gasteiger partial charge in [0.05, 0.1) is 19.6 Å². The van der Waals surface area contributed by atoms with Crippen LogP contribution in [0.15, 0.2) is 53.0 Å². The normalized spacial score (nSPS) is 14.1. The number of hydrogen-bond donors (Lipinski definition) is 2. The molecule has 0 saturated heterocycles. The second-order valence-electron chi connectivity index (χ2n) is 6.70. The van der Waals surface area contributed by atoms with Gasteiger partial charge in [0.25, 0.3) is 5.91 Å². The van der Waals surface area contributed by atoms with Crippen LogP contribution in [-0.4, -0.2) is 24.9 Å². The van der Waals surface area contributed by atoms with E-state index in [1.165, 1.54) is 7.11 Å². The lowest BCUT2D eigenvalue weighted by Crippen LogP contribution is -2.30. The lowest BCUT2D eigenvalue weighted by atomic mass is 10.0. The molecule has 2 amide bonds. The summed E-state index contributed by atoms with van der Waals surface area (Å²) < 4.78 is 5.61. The number of carbonyl (C=O) groups excluding carboxylic acids is 3. The molecule has 2 aromatic carbocycles. The molecule has 1 fully saturated rings. The van der Waals surface area contributed by atoms with Crippen LogP contribution in [0.2, 0.25) is 0 Å². The summed E-state index contributed by atoms with van der Waals surface area (Å²) in [6.07, 6.45) is 1.89. The van der Waals surface area contributed by atoms with Crippen molar-refractivity contribution in [3.8, 4) is 0 Å². The molecule has 2 aromatic rings. The molecule has 0 radical (unpaired) electrons. The quantitative estimate of drug-likeness (QED) is 0.635. The van der Waals surface area contributed by atoms with Gasteiger partial charge in [0.2, 0.25) is 5.91 Å². The van der Waals surface area contributed by atoms with Gasteiger partial charge in [-0.15, -0.1) is 0 Å². The van der Waals surface area contributed by atoms with Crippen LogP contribution in [0.5, 0.6) is 0 Å². The van der Waals surface area contributed by atoms with Gasteiger partial charge in [-0.3, -0.25) is 14.4 Å². The molecule has 0 spiro atoms. The van der Waals surface area contributed by atoms with Crippen molar-refractivity contribution in [3.05, 3.63) is 64.1 Å². The minimum absolute atomic E-state index is 0.0185. The van der Waals surface area contributed by atoms with E-state index in [2.05, 4.69) is 26.6 Å². The van der Waals surface area contributed by atoms with Crippen molar-refractivity contribution >= 4 is 39.4 Å². The Morgan fingerprint density at radius 2 is 1.86 bits per heavy atom. The van der Waals surface area contributed by atoms with Crippen LogP contribution < -0.4 is 10.6 Å². The third kappa shape index (κ3) is 5.42. The number of amides is 2. The Hall–Kier alpha value is -2.67. The van der Waals surface area contributed by atoms with Gasteiger partial charge >= 0.3 is 5.97 Å². The molecule has 1 saturated carbocycles. The molecule has 0 heterocycles. The standard InChI is InChI=1S/C21H21BrN2O4/c1-28-19(25)12-18(15-3-2-4-16(22)11-15)24-21(27)14-7-9-17(10-8-14)23-20(26)13-5-6-13/h2-4,7-11,13,18H,5-6,12H2,1H3,(H,23,26)(H,24,27). The predicted molar refractivity (Wildman–Crippen MR) is 109 cm³/mol. The van der Waals surface area contributed by atoms with Crippen LogP contribution in [0.1, 0.15) is 41.2 Å². The van der Waals surface area contributed by atoms with E-state index in [-0.39, 0.29) is 24.2 Å². The molecular formula is C21H21BrN2O4. The lowest BCUT2D eigenvalue weighted by molar-refractivity contribution is -0.141. The van der Waals surface area contributed by atoms with Crippen LogP contribution >= 0.6 is 15.9 Å². The average Bonchev–Trinajstić information content (AvgIpc) is 3.53. The van der Waals surface area contributed by atoms with Gasteiger partial charge in [-0.1, -0.05) is 28.1 Å². The van der Waals surface area contributed by atoms with Gasteiger partial charge in [0.15, 0.2) is 0 Å². The van der Waals surface area contributed by atoms with Crippen molar-refractivity contribution in [2.24, 2.45) is 5.92 Å². The van der Waals surface area contributed by atoms with Gasteiger partial charge < -0.3 is 15.4 Å². The summed E-state index contributed by atoms with van der Waals surface area (Å²) in [5, 5.41) is 5.72. The number of esters is 1. The molecule has 3 rings (SSSR count). The van der Waals surface area contributed by atoms with Crippen molar-refractivity contribution in [2.45, 2.75) is 25.3 Å². The first-order chi connectivity index (χ1) is 13.5. The highest BCUT2D eigenvalue weighted by molar-refractivity contribution is 9.10. The fourth-order valence-corrected chi connectivity index (χ4v) is 3.18. The van der Waals surface area contributed by atoms with E-state index in [4.69, 9.17) is 4.74 Å². The SMILES string of the molecule is COC(=O)CC(NC(=O)c1ccc(NC(=O)C2CC2)cc1)c1cccc(Br)c1. The van der Waals surface area contributed by atoms with Crippen molar-refractivity contribution in [3.63, 3.8) is 0 Å². The van der Waals surface area contributed by atoms with Crippen molar-refractivity contribution in [1.82, 2.24) is 5.32 Å². The van der Waals surface area contributed by atoms with E-state index < -0.39 is 12.0 Å². The van der Waals surface area contributed by atoms with Gasteiger partial charge in [-0.25, -0.2) is 0 Å². The zero-order chi connectivity index (χ0) is 20.1. The number of benzene rings is 2. The van der Waals surface area contributed by atoms with Gasteiger partial charge in [-0.2, -0.15) is 0 Å². The molecule has 2 N–H and O–H groups in total. The number of ether oxygens (including phenoxy) is 1. The van der Waals surface area contributed by atoms with Crippen molar-refractivity contribution in [2.75, 3.05) is 12.4 Å². The maximum absolute atomic E-state index is 12.7. The first kappa shape index (κ1) is 20.1. The number of anilines is 1. The van der Waals surface area contributed by atoms with E-state index in [0.717, 1.165) is 22.9 Å². The summed E-state index contributed by atoms with van der Waals surface area (Å²) >= 11 is 3.40. The highest BCUT2D eigenvalue weighted by Crippen LogP contribution is 2.30. The predicted octanol–water partition coefficient (Wildman–Crippen LogP) is 3.83. The van der Waals surface area contributed by atoms with E-state index in [9.17, 15) is 14.4 Å². The van der Waals surface area contributed by atoms with E-state index in [1.54, 1.807) is 24.3 Å². The first-order valence-electron chi connectivity index (χ1n) is 9.00. The van der Waals surface area contributed by atoms with Crippen molar-refractivity contribution in [1.29, 1.82) is 0 Å². The Balaban J connectivity index is 1.69. The van der Waals surface area contributed by atoms with Crippen LogP contribution in [0.3, 0.4) is 0 Å². The minimum Gasteiger partial charge on any atom is -0.469 e. The van der Waals surface area contributed by atoms with E-state index >= 15 is 0 Å².